The largest absolute Gasteiger partial charge is 0.306 e. The first kappa shape index (κ1) is 14.3. The molecule has 0 bridgehead atoms. The van der Waals surface area contributed by atoms with Crippen LogP contribution in [0.3, 0.4) is 0 Å². The number of hydrogen-bond donors (Lipinski definition) is 2. The Bertz CT molecular complexity index is 370. The van der Waals surface area contributed by atoms with Gasteiger partial charge in [0, 0.05) is 12.1 Å². The molecule has 0 fully saturated rings. The highest BCUT2D eigenvalue weighted by molar-refractivity contribution is 7.79. The molecule has 96 valence electrons. The highest BCUT2D eigenvalue weighted by Crippen LogP contribution is 2.19. The minimum atomic E-state index is -2.08. The zero-order valence-corrected chi connectivity index (χ0v) is 10.8. The van der Waals surface area contributed by atoms with Crippen LogP contribution < -0.4 is 5.32 Å². The summed E-state index contributed by atoms with van der Waals surface area (Å²) in [4.78, 5) is 0. The van der Waals surface area contributed by atoms with Gasteiger partial charge in [0.1, 0.15) is 6.17 Å². The summed E-state index contributed by atoms with van der Waals surface area (Å²) in [5.74, 6) is -0.349. The molecule has 2 N–H and O–H groups in total. The molecule has 1 aromatic carbocycles. The summed E-state index contributed by atoms with van der Waals surface area (Å²) in [7, 11) is 0. The molecule has 17 heavy (non-hydrogen) atoms. The molecule has 0 aliphatic carbocycles. The van der Waals surface area contributed by atoms with E-state index in [4.69, 9.17) is 4.55 Å². The van der Waals surface area contributed by atoms with Crippen LogP contribution in [0.25, 0.3) is 0 Å². The van der Waals surface area contributed by atoms with Gasteiger partial charge in [-0.25, -0.2) is 8.60 Å². The third-order valence-electron chi connectivity index (χ3n) is 2.58. The van der Waals surface area contributed by atoms with Crippen LogP contribution in [0, 0.1) is 0 Å². The molecule has 0 amide bonds. The molecule has 0 heterocycles. The van der Waals surface area contributed by atoms with Crippen molar-refractivity contribution in [2.75, 3.05) is 12.3 Å². The van der Waals surface area contributed by atoms with Gasteiger partial charge in [-0.1, -0.05) is 30.3 Å². The Labute approximate surface area is 104 Å². The number of alkyl halides is 1. The van der Waals surface area contributed by atoms with Crippen LogP contribution in [0.5, 0.6) is 0 Å². The summed E-state index contributed by atoms with van der Waals surface area (Å²) in [6.45, 7) is 3.96. The van der Waals surface area contributed by atoms with Gasteiger partial charge in [0.05, 0.1) is 5.75 Å². The second kappa shape index (κ2) is 6.23. The molecule has 0 aliphatic rings. The van der Waals surface area contributed by atoms with E-state index in [-0.39, 0.29) is 17.8 Å². The van der Waals surface area contributed by atoms with E-state index in [0.717, 1.165) is 5.56 Å². The Kier molecular flexibility index (Phi) is 5.24. The Hall–Kier alpha value is -0.780. The van der Waals surface area contributed by atoms with E-state index in [2.05, 4.69) is 5.32 Å². The van der Waals surface area contributed by atoms with Crippen molar-refractivity contribution >= 4 is 11.1 Å². The Morgan fingerprint density at radius 1 is 1.41 bits per heavy atom. The van der Waals surface area contributed by atoms with E-state index in [9.17, 15) is 8.60 Å². The second-order valence-electron chi connectivity index (χ2n) is 4.46. The minimum Gasteiger partial charge on any atom is -0.306 e. The fourth-order valence-corrected chi connectivity index (χ4v) is 1.96. The molecule has 0 aromatic heterocycles. The first-order chi connectivity index (χ1) is 7.92. The maximum atomic E-state index is 13.3. The van der Waals surface area contributed by atoms with Gasteiger partial charge >= 0.3 is 0 Å². The highest BCUT2D eigenvalue weighted by atomic mass is 32.2. The summed E-state index contributed by atoms with van der Waals surface area (Å²) in [5, 5.41) is 3.06. The van der Waals surface area contributed by atoms with Gasteiger partial charge in [0.2, 0.25) is 0 Å². The zero-order chi connectivity index (χ0) is 12.9. The van der Waals surface area contributed by atoms with Crippen LogP contribution in [0.4, 0.5) is 4.39 Å². The molecular weight excluding hydrogens is 241 g/mol. The smallest absolute Gasteiger partial charge is 0.155 e. The standard InChI is InChI=1S/C12H18FNO2S/c1-12(2,10-6-4-3-5-7-10)14-8-11(13)9-17(15)16/h3-7,11,14H,8-9H2,1-2H3,(H,15,16)/t11-/m0/s1. The highest BCUT2D eigenvalue weighted by Gasteiger charge is 2.21. The zero-order valence-electron chi connectivity index (χ0n) is 10.0. The summed E-state index contributed by atoms with van der Waals surface area (Å²) in [5.41, 5.74) is 0.694. The molecule has 1 unspecified atom stereocenters. The van der Waals surface area contributed by atoms with Crippen molar-refractivity contribution in [3.05, 3.63) is 35.9 Å². The average molecular weight is 259 g/mol. The fourth-order valence-electron chi connectivity index (χ4n) is 1.54. The van der Waals surface area contributed by atoms with E-state index in [0.29, 0.717) is 0 Å². The predicted molar refractivity (Wildman–Crippen MR) is 68.0 cm³/mol. The minimum absolute atomic E-state index is 0.0637. The van der Waals surface area contributed by atoms with E-state index in [1.54, 1.807) is 0 Å². The number of halogens is 1. The van der Waals surface area contributed by atoms with Crippen LogP contribution in [0.1, 0.15) is 19.4 Å². The van der Waals surface area contributed by atoms with Crippen molar-refractivity contribution in [1.29, 1.82) is 0 Å². The molecule has 0 saturated carbocycles. The van der Waals surface area contributed by atoms with Crippen molar-refractivity contribution in [2.45, 2.75) is 25.6 Å². The summed E-state index contributed by atoms with van der Waals surface area (Å²) >= 11 is -2.08. The first-order valence-electron chi connectivity index (χ1n) is 5.44. The Morgan fingerprint density at radius 2 is 2.00 bits per heavy atom. The molecule has 3 nitrogen and oxygen atoms in total. The molecule has 0 spiro atoms. The monoisotopic (exact) mass is 259 g/mol. The van der Waals surface area contributed by atoms with Crippen LogP contribution in [-0.2, 0) is 16.6 Å². The van der Waals surface area contributed by atoms with Crippen molar-refractivity contribution < 1.29 is 13.2 Å². The van der Waals surface area contributed by atoms with Gasteiger partial charge in [0.15, 0.2) is 11.1 Å². The molecule has 2 atom stereocenters. The lowest BCUT2D eigenvalue weighted by atomic mass is 9.94. The summed E-state index contributed by atoms with van der Waals surface area (Å²) in [6.07, 6.45) is -1.32. The number of rotatable bonds is 6. The first-order valence-corrected chi connectivity index (χ1v) is 6.71. The van der Waals surface area contributed by atoms with Gasteiger partial charge in [-0.2, -0.15) is 0 Å². The Morgan fingerprint density at radius 3 is 2.53 bits per heavy atom. The molecule has 0 saturated heterocycles. The van der Waals surface area contributed by atoms with Crippen LogP contribution in [0.2, 0.25) is 0 Å². The van der Waals surface area contributed by atoms with E-state index >= 15 is 0 Å². The van der Waals surface area contributed by atoms with Crippen molar-refractivity contribution in [3.63, 3.8) is 0 Å². The van der Waals surface area contributed by atoms with E-state index in [1.165, 1.54) is 0 Å². The SMILES string of the molecule is CC(C)(NC[C@H](F)CS(=O)O)c1ccccc1. The lowest BCUT2D eigenvalue weighted by Gasteiger charge is -2.27. The van der Waals surface area contributed by atoms with Crippen molar-refractivity contribution in [1.82, 2.24) is 5.32 Å². The summed E-state index contributed by atoms with van der Waals surface area (Å²) in [6, 6.07) is 9.70. The van der Waals surface area contributed by atoms with Gasteiger partial charge < -0.3 is 9.87 Å². The van der Waals surface area contributed by atoms with Gasteiger partial charge in [-0.15, -0.1) is 0 Å². The van der Waals surface area contributed by atoms with Gasteiger partial charge in [-0.3, -0.25) is 0 Å². The topological polar surface area (TPSA) is 49.3 Å². The van der Waals surface area contributed by atoms with Gasteiger partial charge in [-0.05, 0) is 19.4 Å². The molecule has 5 heteroatoms. The quantitative estimate of drug-likeness (QED) is 0.769. The number of benzene rings is 1. The van der Waals surface area contributed by atoms with Crippen LogP contribution in [0.15, 0.2) is 30.3 Å². The lowest BCUT2D eigenvalue weighted by molar-refractivity contribution is 0.297. The summed E-state index contributed by atoms with van der Waals surface area (Å²) < 4.78 is 32.3. The Balaban J connectivity index is 2.53. The number of nitrogens with one attached hydrogen (secondary N) is 1. The molecule has 0 radical (unpaired) electrons. The van der Waals surface area contributed by atoms with Crippen LogP contribution >= 0.6 is 0 Å². The van der Waals surface area contributed by atoms with Crippen molar-refractivity contribution in [2.24, 2.45) is 0 Å². The maximum absolute atomic E-state index is 13.3. The molecular formula is C12H18FNO2S. The number of hydrogen-bond acceptors (Lipinski definition) is 2. The third kappa shape index (κ3) is 4.93. The fraction of sp³-hybridized carbons (Fsp3) is 0.500. The lowest BCUT2D eigenvalue weighted by Crippen LogP contribution is -2.41. The van der Waals surface area contributed by atoms with Gasteiger partial charge in [0.25, 0.3) is 0 Å². The van der Waals surface area contributed by atoms with Crippen LogP contribution in [-0.4, -0.2) is 27.2 Å². The van der Waals surface area contributed by atoms with E-state index in [1.807, 2.05) is 44.2 Å². The predicted octanol–water partition coefficient (Wildman–Crippen LogP) is 2.07. The van der Waals surface area contributed by atoms with Crippen molar-refractivity contribution in [3.8, 4) is 0 Å². The average Bonchev–Trinajstić information content (AvgIpc) is 2.27. The van der Waals surface area contributed by atoms with E-state index < -0.39 is 17.3 Å². The second-order valence-corrected chi connectivity index (χ2v) is 5.43. The molecule has 1 rings (SSSR count). The maximum Gasteiger partial charge on any atom is 0.155 e. The normalized spacial score (nSPS) is 15.5. The third-order valence-corrected chi connectivity index (χ3v) is 3.23. The molecule has 1 aromatic rings. The molecule has 0 aliphatic heterocycles.